The van der Waals surface area contributed by atoms with Crippen molar-refractivity contribution in [3.63, 3.8) is 0 Å². The molecule has 0 aliphatic carbocycles. The standard InChI is InChI=1S/C105H203N17O5/c1-26-31-36-41-46-58-69-123-118-96(6,7)74-84(75-97(118,8)9)63-53-56-67-107-91-112-90(113-93(114-91)109-87-80-102(18,19)121(103(20,21)81-87)126-72-61-49-44-39-34-29-4)106-66-55-51-52-65-89(86-78-100(14,15)120(101(16,17)79-86)125-71-60-48-43-38-33-28-3)111-95-116-92(108-68-57-54-64-85-76-98(10,11)119(99(12,13)77-85)124-70-59-47-42-37-32-27-2)115-94(117-95)110-88-82-104(22,23)122(105(24,25)83-88)127-73-62-50-45-40-35-30-5/h84-89H,26-83H2,1-25H3,(H3,106,107,109,112,113,114)(H3,108,110,111,115,116,117). The Balaban J connectivity index is 1.09. The Morgan fingerprint density at radius 1 is 0.252 bits per heavy atom. The Labute approximate surface area is 780 Å². The van der Waals surface area contributed by atoms with E-state index in [1.165, 1.54) is 173 Å². The van der Waals surface area contributed by atoms with Gasteiger partial charge in [-0.3, -0.25) is 24.2 Å². The van der Waals surface area contributed by atoms with E-state index >= 15 is 0 Å². The third-order valence-corrected chi connectivity index (χ3v) is 28.7. The fraction of sp³-hybridized carbons (Fsp3) is 0.943. The molecule has 0 spiro atoms. The first-order valence-corrected chi connectivity index (χ1v) is 53.4. The summed E-state index contributed by atoms with van der Waals surface area (Å²) in [7, 11) is 0. The number of hydrogen-bond donors (Lipinski definition) is 6. The first-order chi connectivity index (χ1) is 60.2. The molecule has 1 atom stereocenters. The Kier molecular flexibility index (Phi) is 47.2. The molecule has 22 nitrogen and oxygen atoms in total. The number of hydroxylamine groups is 10. The van der Waals surface area contributed by atoms with Crippen LogP contribution in [0.5, 0.6) is 0 Å². The molecule has 5 aliphatic heterocycles. The van der Waals surface area contributed by atoms with Gasteiger partial charge in [-0.15, -0.1) is 0 Å². The lowest BCUT2D eigenvalue weighted by atomic mass is 9.71. The van der Waals surface area contributed by atoms with Crippen LogP contribution in [0.15, 0.2) is 0 Å². The fourth-order valence-corrected chi connectivity index (χ4v) is 24.2. The third-order valence-electron chi connectivity index (χ3n) is 28.7. The van der Waals surface area contributed by atoms with E-state index < -0.39 is 0 Å². The summed E-state index contributed by atoms with van der Waals surface area (Å²) in [5, 5.41) is 35.0. The van der Waals surface area contributed by atoms with Crippen LogP contribution in [0.2, 0.25) is 0 Å². The Morgan fingerprint density at radius 3 is 0.756 bits per heavy atom. The van der Waals surface area contributed by atoms with Crippen LogP contribution in [0.25, 0.3) is 0 Å². The highest BCUT2D eigenvalue weighted by Gasteiger charge is 2.52. The Morgan fingerprint density at radius 2 is 0.472 bits per heavy atom. The average molecular weight is 1780 g/mol. The van der Waals surface area contributed by atoms with E-state index in [-0.39, 0.29) is 73.5 Å². The van der Waals surface area contributed by atoms with Gasteiger partial charge in [0.2, 0.25) is 35.7 Å². The van der Waals surface area contributed by atoms with Crippen molar-refractivity contribution in [1.29, 1.82) is 0 Å². The molecule has 127 heavy (non-hydrogen) atoms. The van der Waals surface area contributed by atoms with E-state index in [0.717, 1.165) is 200 Å². The van der Waals surface area contributed by atoms with Gasteiger partial charge in [-0.25, -0.2) is 0 Å². The first-order valence-electron chi connectivity index (χ1n) is 53.4. The molecule has 0 amide bonds. The van der Waals surface area contributed by atoms with E-state index in [1.54, 1.807) is 0 Å². The number of unbranched alkanes of at least 4 members (excludes halogenated alkanes) is 29. The van der Waals surface area contributed by atoms with Gasteiger partial charge in [0.15, 0.2) is 0 Å². The zero-order valence-corrected chi connectivity index (χ0v) is 87.4. The number of rotatable bonds is 66. The van der Waals surface area contributed by atoms with Gasteiger partial charge in [0.05, 0.1) is 33.0 Å². The van der Waals surface area contributed by atoms with Crippen LogP contribution < -0.4 is 31.9 Å². The Bertz CT molecular complexity index is 3200. The lowest BCUT2D eigenvalue weighted by Crippen LogP contribution is -2.62. The van der Waals surface area contributed by atoms with Gasteiger partial charge < -0.3 is 31.9 Å². The molecule has 5 fully saturated rings. The van der Waals surface area contributed by atoms with Crippen molar-refractivity contribution in [3.8, 4) is 0 Å². The number of aromatic nitrogens is 6. The molecule has 0 aromatic carbocycles. The summed E-state index contributed by atoms with van der Waals surface area (Å²) in [5.41, 5.74) is -1.46. The molecule has 7 heterocycles. The van der Waals surface area contributed by atoms with Crippen molar-refractivity contribution in [2.24, 2.45) is 17.8 Å². The van der Waals surface area contributed by atoms with E-state index in [4.69, 9.17) is 54.1 Å². The minimum atomic E-state index is -0.231. The summed E-state index contributed by atoms with van der Waals surface area (Å²) in [6, 6.07) is 0.315. The molecule has 2 aromatic heterocycles. The van der Waals surface area contributed by atoms with Crippen LogP contribution in [0.1, 0.15) is 494 Å². The Hall–Kier alpha value is -3.58. The maximum absolute atomic E-state index is 6.94. The van der Waals surface area contributed by atoms with Gasteiger partial charge in [0.25, 0.3) is 0 Å². The zero-order chi connectivity index (χ0) is 92.8. The maximum Gasteiger partial charge on any atom is 0.229 e. The summed E-state index contributed by atoms with van der Waals surface area (Å²) >= 11 is 0. The summed E-state index contributed by atoms with van der Waals surface area (Å²) in [4.78, 5) is 65.4. The van der Waals surface area contributed by atoms with E-state index in [0.29, 0.717) is 53.4 Å². The van der Waals surface area contributed by atoms with Crippen LogP contribution >= 0.6 is 0 Å². The molecule has 22 heteroatoms. The molecule has 7 rings (SSSR count). The largest absolute Gasteiger partial charge is 0.354 e. The molecular weight excluding hydrogens is 1580 g/mol. The number of piperidine rings is 5. The van der Waals surface area contributed by atoms with Gasteiger partial charge >= 0.3 is 0 Å². The molecule has 738 valence electrons. The van der Waals surface area contributed by atoms with Crippen molar-refractivity contribution < 1.29 is 24.2 Å². The topological polar surface area (TPSA) is 212 Å². The van der Waals surface area contributed by atoms with E-state index in [1.807, 2.05) is 0 Å². The van der Waals surface area contributed by atoms with E-state index in [9.17, 15) is 0 Å². The molecule has 0 bridgehead atoms. The van der Waals surface area contributed by atoms with Gasteiger partial charge in [0, 0.05) is 93.1 Å². The minimum absolute atomic E-state index is 0.0278. The smallest absolute Gasteiger partial charge is 0.229 e. The number of nitrogens with one attached hydrogen (secondary N) is 6. The summed E-state index contributed by atoms with van der Waals surface area (Å²) in [6.07, 6.45) is 58.3. The van der Waals surface area contributed by atoms with Crippen molar-refractivity contribution in [2.45, 2.75) is 568 Å². The van der Waals surface area contributed by atoms with Crippen molar-refractivity contribution in [3.05, 3.63) is 0 Å². The summed E-state index contributed by atoms with van der Waals surface area (Å²) < 4.78 is 0. The molecule has 0 saturated carbocycles. The van der Waals surface area contributed by atoms with Crippen molar-refractivity contribution in [1.82, 2.24) is 55.2 Å². The monoisotopic (exact) mass is 1780 g/mol. The molecular formula is C105H203N17O5. The van der Waals surface area contributed by atoms with Gasteiger partial charge in [-0.1, -0.05) is 234 Å². The number of nitrogens with zero attached hydrogens (tertiary/aromatic N) is 11. The fourth-order valence-electron chi connectivity index (χ4n) is 24.2. The first kappa shape index (κ1) is 110. The number of hydrogen-bond acceptors (Lipinski definition) is 22. The van der Waals surface area contributed by atoms with Crippen molar-refractivity contribution >= 4 is 35.7 Å². The second-order valence-electron chi connectivity index (χ2n) is 46.8. The summed E-state index contributed by atoms with van der Waals surface area (Å²) in [6.45, 7) is 65.1. The van der Waals surface area contributed by atoms with Gasteiger partial charge in [0.1, 0.15) is 0 Å². The average Bonchev–Trinajstić information content (AvgIpc) is 0.776. The molecule has 5 aliphatic rings. The van der Waals surface area contributed by atoms with E-state index in [2.05, 4.69) is 230 Å². The second kappa shape index (κ2) is 54.2. The lowest BCUT2D eigenvalue weighted by Gasteiger charge is -2.55. The summed E-state index contributed by atoms with van der Waals surface area (Å²) in [5.74, 6) is 5.27. The number of anilines is 6. The second-order valence-corrected chi connectivity index (χ2v) is 46.8. The molecule has 1 unspecified atom stereocenters. The van der Waals surface area contributed by atoms with Crippen LogP contribution in [0, 0.1) is 17.8 Å². The molecule has 6 N–H and O–H groups in total. The van der Waals surface area contributed by atoms with Crippen LogP contribution in [-0.2, 0) is 24.2 Å². The quantitative estimate of drug-likeness (QED) is 0.0340. The predicted octanol–water partition coefficient (Wildman–Crippen LogP) is 27.8. The predicted molar refractivity (Wildman–Crippen MR) is 537 cm³/mol. The van der Waals surface area contributed by atoms with Crippen LogP contribution in [0.4, 0.5) is 35.7 Å². The lowest BCUT2D eigenvalue weighted by molar-refractivity contribution is -0.289. The third kappa shape index (κ3) is 37.9. The maximum atomic E-state index is 6.94. The van der Waals surface area contributed by atoms with Crippen molar-refractivity contribution in [2.75, 3.05) is 84.6 Å². The molecule has 0 radical (unpaired) electrons. The highest BCUT2D eigenvalue weighted by Crippen LogP contribution is 2.49. The van der Waals surface area contributed by atoms with Crippen LogP contribution in [-0.4, -0.2) is 181 Å². The van der Waals surface area contributed by atoms with Crippen LogP contribution in [0.3, 0.4) is 0 Å². The van der Waals surface area contributed by atoms with Gasteiger partial charge in [-0.2, -0.15) is 55.2 Å². The zero-order valence-electron chi connectivity index (χ0n) is 87.4. The highest BCUT2D eigenvalue weighted by atomic mass is 16.7. The normalized spacial score (nSPS) is 21.3. The molecule has 2 aromatic rings. The van der Waals surface area contributed by atoms with Gasteiger partial charge in [-0.05, 0) is 278 Å². The minimum Gasteiger partial charge on any atom is -0.354 e. The highest BCUT2D eigenvalue weighted by molar-refractivity contribution is 5.45. The SMILES string of the molecule is CCCCCCCCON1C(C)(C)CC(CCCCNc2nc(NCCCCCC(Nc3nc(NCCCCC4CC(C)(C)N(OCCCCCCCC)C(C)(C)C4)nc(NC4CC(C)(C)N(OCCCCCCCC)C(C)(C)C4)n3)C3CC(C)(C)N(OCCCCCCCC)C(C)(C)C3)nc(NC3CC(C)(C)N(OCCCCCCCC)C(C)(C)C3)n2)CC1(C)C. The molecule has 5 saturated heterocycles.